The molecule has 2 aromatic rings. The summed E-state index contributed by atoms with van der Waals surface area (Å²) in [6.07, 6.45) is 1.07. The Morgan fingerprint density at radius 1 is 1.22 bits per heavy atom. The summed E-state index contributed by atoms with van der Waals surface area (Å²) < 4.78 is 5.27. The van der Waals surface area contributed by atoms with Crippen LogP contribution in [0.2, 0.25) is 0 Å². The Hall–Kier alpha value is -1.76. The van der Waals surface area contributed by atoms with E-state index >= 15 is 0 Å². The van der Waals surface area contributed by atoms with Crippen LogP contribution in [0.1, 0.15) is 11.1 Å². The smallest absolute Gasteiger partial charge is 0.198 e. The van der Waals surface area contributed by atoms with Gasteiger partial charge in [0.2, 0.25) is 0 Å². The summed E-state index contributed by atoms with van der Waals surface area (Å²) in [5.74, 6) is 1.79. The van der Waals surface area contributed by atoms with Crippen LogP contribution in [0, 0.1) is 0 Å². The molecule has 0 saturated heterocycles. The largest absolute Gasteiger partial charge is 0.497 e. The SMILES string of the molecule is CN=C(NCc1cccc(OC)c1)N1CCc2ccccc21.I. The number of benzene rings is 2. The summed E-state index contributed by atoms with van der Waals surface area (Å²) in [7, 11) is 3.52. The molecule has 0 fully saturated rings. The Kier molecular flexibility index (Phi) is 6.27. The number of hydrogen-bond donors (Lipinski definition) is 1. The Labute approximate surface area is 154 Å². The van der Waals surface area contributed by atoms with Crippen LogP contribution in [-0.4, -0.2) is 26.7 Å². The molecule has 2 aromatic carbocycles. The predicted molar refractivity (Wildman–Crippen MR) is 106 cm³/mol. The summed E-state index contributed by atoms with van der Waals surface area (Å²) >= 11 is 0. The fourth-order valence-corrected chi connectivity index (χ4v) is 2.82. The molecule has 1 aliphatic rings. The highest BCUT2D eigenvalue weighted by molar-refractivity contribution is 14.0. The molecular weight excluding hydrogens is 401 g/mol. The van der Waals surface area contributed by atoms with Crippen molar-refractivity contribution >= 4 is 35.6 Å². The number of ether oxygens (including phenoxy) is 1. The first-order valence-electron chi connectivity index (χ1n) is 7.51. The van der Waals surface area contributed by atoms with Gasteiger partial charge in [0.15, 0.2) is 5.96 Å². The molecule has 0 unspecified atom stereocenters. The maximum atomic E-state index is 5.27. The zero-order valence-corrected chi connectivity index (χ0v) is 15.8. The number of guanidine groups is 1. The van der Waals surface area contributed by atoms with Crippen LogP contribution in [0.25, 0.3) is 0 Å². The standard InChI is InChI=1S/C18H21N3O.HI/c1-19-18(20-13-14-6-5-8-16(12-14)22-2)21-11-10-15-7-3-4-9-17(15)21;/h3-9,12H,10-11,13H2,1-2H3,(H,19,20);1H. The lowest BCUT2D eigenvalue weighted by atomic mass is 10.2. The second-order valence-electron chi connectivity index (χ2n) is 5.28. The molecule has 122 valence electrons. The third kappa shape index (κ3) is 3.96. The number of hydrogen-bond acceptors (Lipinski definition) is 2. The molecule has 1 N–H and O–H groups in total. The topological polar surface area (TPSA) is 36.9 Å². The number of halogens is 1. The fourth-order valence-electron chi connectivity index (χ4n) is 2.82. The summed E-state index contributed by atoms with van der Waals surface area (Å²) in [5.41, 5.74) is 3.81. The summed E-state index contributed by atoms with van der Waals surface area (Å²) in [5, 5.41) is 3.44. The van der Waals surface area contributed by atoms with Gasteiger partial charge in [-0.1, -0.05) is 30.3 Å². The van der Waals surface area contributed by atoms with Crippen molar-refractivity contribution < 1.29 is 4.74 Å². The Balaban J connectivity index is 0.00000192. The van der Waals surface area contributed by atoms with E-state index in [1.807, 2.05) is 25.2 Å². The van der Waals surface area contributed by atoms with Crippen molar-refractivity contribution in [1.29, 1.82) is 0 Å². The Morgan fingerprint density at radius 3 is 2.83 bits per heavy atom. The molecule has 0 atom stereocenters. The van der Waals surface area contributed by atoms with Crippen molar-refractivity contribution in [3.8, 4) is 5.75 Å². The first-order chi connectivity index (χ1) is 10.8. The molecule has 0 spiro atoms. The van der Waals surface area contributed by atoms with Gasteiger partial charge in [0, 0.05) is 25.8 Å². The van der Waals surface area contributed by atoms with Gasteiger partial charge in [0.05, 0.1) is 7.11 Å². The van der Waals surface area contributed by atoms with E-state index in [2.05, 4.69) is 45.5 Å². The fraction of sp³-hybridized carbons (Fsp3) is 0.278. The lowest BCUT2D eigenvalue weighted by Crippen LogP contribution is -2.40. The van der Waals surface area contributed by atoms with E-state index in [1.165, 1.54) is 16.8 Å². The molecule has 1 heterocycles. The molecule has 4 nitrogen and oxygen atoms in total. The third-order valence-corrected chi connectivity index (χ3v) is 3.94. The first kappa shape index (κ1) is 17.6. The quantitative estimate of drug-likeness (QED) is 0.467. The molecule has 1 aliphatic heterocycles. The van der Waals surface area contributed by atoms with Crippen LogP contribution in [0.4, 0.5) is 5.69 Å². The van der Waals surface area contributed by atoms with Crippen LogP contribution in [-0.2, 0) is 13.0 Å². The molecule has 0 saturated carbocycles. The maximum Gasteiger partial charge on any atom is 0.198 e. The monoisotopic (exact) mass is 423 g/mol. The van der Waals surface area contributed by atoms with Crippen molar-refractivity contribution in [1.82, 2.24) is 5.32 Å². The van der Waals surface area contributed by atoms with Crippen molar-refractivity contribution in [2.45, 2.75) is 13.0 Å². The maximum absolute atomic E-state index is 5.27. The van der Waals surface area contributed by atoms with Gasteiger partial charge in [0.1, 0.15) is 5.75 Å². The number of nitrogens with zero attached hydrogens (tertiary/aromatic N) is 2. The van der Waals surface area contributed by atoms with Gasteiger partial charge in [-0.15, -0.1) is 24.0 Å². The van der Waals surface area contributed by atoms with Gasteiger partial charge in [0.25, 0.3) is 0 Å². The predicted octanol–water partition coefficient (Wildman–Crippen LogP) is 3.45. The van der Waals surface area contributed by atoms with E-state index < -0.39 is 0 Å². The number of methoxy groups -OCH3 is 1. The van der Waals surface area contributed by atoms with Crippen molar-refractivity contribution in [3.63, 3.8) is 0 Å². The van der Waals surface area contributed by atoms with Gasteiger partial charge in [-0.05, 0) is 35.7 Å². The summed E-state index contributed by atoms with van der Waals surface area (Å²) in [6, 6.07) is 16.6. The molecule has 3 rings (SSSR count). The van der Waals surface area contributed by atoms with Gasteiger partial charge in [-0.3, -0.25) is 4.99 Å². The molecule has 5 heteroatoms. The molecule has 0 aliphatic carbocycles. The first-order valence-corrected chi connectivity index (χ1v) is 7.51. The van der Waals surface area contributed by atoms with Crippen LogP contribution in [0.5, 0.6) is 5.75 Å². The van der Waals surface area contributed by atoms with E-state index in [-0.39, 0.29) is 24.0 Å². The minimum Gasteiger partial charge on any atom is -0.497 e. The van der Waals surface area contributed by atoms with Gasteiger partial charge >= 0.3 is 0 Å². The highest BCUT2D eigenvalue weighted by Crippen LogP contribution is 2.27. The highest BCUT2D eigenvalue weighted by Gasteiger charge is 2.22. The van der Waals surface area contributed by atoms with Gasteiger partial charge in [-0.25, -0.2) is 0 Å². The number of nitrogens with one attached hydrogen (secondary N) is 1. The van der Waals surface area contributed by atoms with Crippen molar-refractivity contribution in [2.75, 3.05) is 25.6 Å². The Bertz CT molecular complexity index is 687. The number of aliphatic imine (C=N–C) groups is 1. The minimum atomic E-state index is 0. The molecule has 0 aromatic heterocycles. The van der Waals surface area contributed by atoms with E-state index in [0.717, 1.165) is 31.2 Å². The summed E-state index contributed by atoms with van der Waals surface area (Å²) in [4.78, 5) is 6.67. The van der Waals surface area contributed by atoms with Crippen LogP contribution >= 0.6 is 24.0 Å². The number of para-hydroxylation sites is 1. The minimum absolute atomic E-state index is 0. The molecule has 0 bridgehead atoms. The average Bonchev–Trinajstić information content (AvgIpc) is 3.00. The molecule has 0 radical (unpaired) electrons. The molecule has 0 amide bonds. The van der Waals surface area contributed by atoms with Gasteiger partial charge < -0.3 is 15.0 Å². The zero-order chi connectivity index (χ0) is 15.4. The van der Waals surface area contributed by atoms with Crippen molar-refractivity contribution in [2.24, 2.45) is 4.99 Å². The lowest BCUT2D eigenvalue weighted by molar-refractivity contribution is 0.414. The Morgan fingerprint density at radius 2 is 2.04 bits per heavy atom. The number of fused-ring (bicyclic) bond motifs is 1. The lowest BCUT2D eigenvalue weighted by Gasteiger charge is -2.22. The summed E-state index contributed by atoms with van der Waals surface area (Å²) in [6.45, 7) is 1.69. The third-order valence-electron chi connectivity index (χ3n) is 3.94. The molecular formula is C18H22IN3O. The second-order valence-corrected chi connectivity index (χ2v) is 5.28. The van der Waals surface area contributed by atoms with Crippen LogP contribution < -0.4 is 15.0 Å². The molecule has 23 heavy (non-hydrogen) atoms. The van der Waals surface area contributed by atoms with Crippen LogP contribution in [0.15, 0.2) is 53.5 Å². The van der Waals surface area contributed by atoms with E-state index in [0.29, 0.717) is 0 Å². The van der Waals surface area contributed by atoms with E-state index in [1.54, 1.807) is 7.11 Å². The van der Waals surface area contributed by atoms with E-state index in [9.17, 15) is 0 Å². The second kappa shape index (κ2) is 8.19. The zero-order valence-electron chi connectivity index (χ0n) is 13.5. The van der Waals surface area contributed by atoms with Gasteiger partial charge in [-0.2, -0.15) is 0 Å². The highest BCUT2D eigenvalue weighted by atomic mass is 127. The number of rotatable bonds is 3. The normalized spacial score (nSPS) is 13.3. The average molecular weight is 423 g/mol. The van der Waals surface area contributed by atoms with E-state index in [4.69, 9.17) is 4.74 Å². The number of anilines is 1. The van der Waals surface area contributed by atoms with Crippen LogP contribution in [0.3, 0.4) is 0 Å². The van der Waals surface area contributed by atoms with Crippen molar-refractivity contribution in [3.05, 3.63) is 59.7 Å².